The molecule has 0 rings (SSSR count). The van der Waals surface area contributed by atoms with Crippen molar-refractivity contribution in [3.05, 3.63) is 0 Å². The van der Waals surface area contributed by atoms with Crippen LogP contribution in [-0.4, -0.2) is 51.1 Å². The number of esters is 1. The Morgan fingerprint density at radius 3 is 2.17 bits per heavy atom. The summed E-state index contributed by atoms with van der Waals surface area (Å²) in [7, 11) is -1.87. The van der Waals surface area contributed by atoms with E-state index < -0.39 is 34.4 Å². The summed E-state index contributed by atoms with van der Waals surface area (Å²) in [6.07, 6.45) is -1.11. The maximum absolute atomic E-state index is 11.6. The van der Waals surface area contributed by atoms with E-state index in [2.05, 4.69) is 4.74 Å². The molecule has 0 radical (unpaired) electrons. The Morgan fingerprint density at radius 1 is 1.28 bits per heavy atom. The van der Waals surface area contributed by atoms with Gasteiger partial charge in [0.25, 0.3) is 0 Å². The summed E-state index contributed by atoms with van der Waals surface area (Å²) in [4.78, 5) is 22.2. The third kappa shape index (κ3) is 6.40. The molecule has 0 aliphatic carbocycles. The molecule has 0 aliphatic heterocycles. The van der Waals surface area contributed by atoms with Crippen LogP contribution in [0.3, 0.4) is 0 Å². The molecule has 0 fully saturated rings. The van der Waals surface area contributed by atoms with E-state index in [1.54, 1.807) is 25.5 Å². The molecule has 0 unspecified atom stereocenters. The van der Waals surface area contributed by atoms with Crippen LogP contribution in [0.1, 0.15) is 20.8 Å². The Kier molecular flexibility index (Phi) is 5.55. The molecule has 0 atom stereocenters. The Labute approximate surface area is 106 Å². The summed E-state index contributed by atoms with van der Waals surface area (Å²) in [6, 6.07) is 0. The van der Waals surface area contributed by atoms with Gasteiger partial charge in [-0.1, -0.05) is 0 Å². The Morgan fingerprint density at radius 2 is 1.78 bits per heavy atom. The molecular weight excluding hydrogens is 264 g/mol. The first-order chi connectivity index (χ1) is 7.98. The second-order valence-electron chi connectivity index (χ2n) is 4.44. The van der Waals surface area contributed by atoms with Gasteiger partial charge in [-0.25, -0.2) is 9.52 Å². The zero-order valence-corrected chi connectivity index (χ0v) is 11.8. The van der Waals surface area contributed by atoms with Crippen molar-refractivity contribution < 1.29 is 27.5 Å². The van der Waals surface area contributed by atoms with Gasteiger partial charge in [-0.3, -0.25) is 4.79 Å². The van der Waals surface area contributed by atoms with E-state index in [1.165, 1.54) is 0 Å². The molecule has 8 nitrogen and oxygen atoms in total. The predicted molar refractivity (Wildman–Crippen MR) is 62.9 cm³/mol. The summed E-state index contributed by atoms with van der Waals surface area (Å²) >= 11 is 0. The fraction of sp³-hybridized carbons (Fsp3) is 0.778. The van der Waals surface area contributed by atoms with Crippen molar-refractivity contribution in [1.82, 2.24) is 9.03 Å². The molecule has 0 aromatic heterocycles. The lowest BCUT2D eigenvalue weighted by Gasteiger charge is -2.21. The number of hydrogen-bond acceptors (Lipinski definition) is 6. The van der Waals surface area contributed by atoms with E-state index in [-0.39, 0.29) is 0 Å². The first-order valence-corrected chi connectivity index (χ1v) is 6.46. The molecule has 1 N–H and O–H groups in total. The van der Waals surface area contributed by atoms with E-state index in [9.17, 15) is 18.0 Å². The number of likely N-dealkylation sites (N-methyl/N-ethyl adjacent to an activating group) is 1. The molecule has 0 aliphatic rings. The number of hydrogen-bond donors (Lipinski definition) is 1. The van der Waals surface area contributed by atoms with Crippen LogP contribution in [0.15, 0.2) is 0 Å². The maximum atomic E-state index is 11.6. The van der Waals surface area contributed by atoms with Crippen LogP contribution < -0.4 is 4.72 Å². The number of methoxy groups -OCH3 is 1. The number of nitrogens with one attached hydrogen (secondary N) is 1. The third-order valence-corrected chi connectivity index (χ3v) is 2.98. The summed E-state index contributed by atoms with van der Waals surface area (Å²) in [6.45, 7) is 4.28. The summed E-state index contributed by atoms with van der Waals surface area (Å²) in [5.74, 6) is -0.743. The zero-order chi connectivity index (χ0) is 14.6. The highest BCUT2D eigenvalue weighted by Crippen LogP contribution is 2.07. The van der Waals surface area contributed by atoms with Gasteiger partial charge in [0.15, 0.2) is 0 Å². The molecule has 1 amide bonds. The SMILES string of the molecule is COC(=O)CN(C)S(=O)(=O)NC(=O)OC(C)(C)C. The molecule has 0 aromatic rings. The van der Waals surface area contributed by atoms with Gasteiger partial charge >= 0.3 is 22.3 Å². The lowest BCUT2D eigenvalue weighted by atomic mass is 10.2. The van der Waals surface area contributed by atoms with Crippen molar-refractivity contribution in [2.45, 2.75) is 26.4 Å². The van der Waals surface area contributed by atoms with E-state index in [4.69, 9.17) is 4.74 Å². The van der Waals surface area contributed by atoms with Crippen molar-refractivity contribution in [3.63, 3.8) is 0 Å². The summed E-state index contributed by atoms with van der Waals surface area (Å²) < 4.78 is 34.6. The number of nitrogens with zero attached hydrogens (tertiary/aromatic N) is 1. The molecule has 9 heteroatoms. The first-order valence-electron chi connectivity index (χ1n) is 5.02. The fourth-order valence-corrected chi connectivity index (χ4v) is 1.50. The van der Waals surface area contributed by atoms with E-state index >= 15 is 0 Å². The highest BCUT2D eigenvalue weighted by atomic mass is 32.2. The van der Waals surface area contributed by atoms with Gasteiger partial charge < -0.3 is 9.47 Å². The average Bonchev–Trinajstić information content (AvgIpc) is 2.13. The second-order valence-corrected chi connectivity index (χ2v) is 6.22. The molecule has 0 spiro atoms. The summed E-state index contributed by atoms with van der Waals surface area (Å²) in [5.41, 5.74) is -0.819. The highest BCUT2D eigenvalue weighted by molar-refractivity contribution is 7.87. The lowest BCUT2D eigenvalue weighted by molar-refractivity contribution is -0.140. The molecular formula is C9H18N2O6S. The van der Waals surface area contributed by atoms with E-state index in [1.807, 2.05) is 0 Å². The minimum absolute atomic E-state index is 0.505. The minimum atomic E-state index is -4.13. The van der Waals surface area contributed by atoms with Gasteiger partial charge in [-0.2, -0.15) is 12.7 Å². The van der Waals surface area contributed by atoms with Gasteiger partial charge in [-0.15, -0.1) is 0 Å². The Hall–Kier alpha value is -1.35. The van der Waals surface area contributed by atoms with Crippen LogP contribution in [0.5, 0.6) is 0 Å². The van der Waals surface area contributed by atoms with Crippen LogP contribution in [-0.2, 0) is 24.5 Å². The van der Waals surface area contributed by atoms with Crippen molar-refractivity contribution in [2.24, 2.45) is 0 Å². The molecule has 0 aromatic carbocycles. The van der Waals surface area contributed by atoms with E-state index in [0.29, 0.717) is 4.31 Å². The normalized spacial score (nSPS) is 12.1. The molecule has 106 valence electrons. The van der Waals surface area contributed by atoms with Gasteiger partial charge in [0.05, 0.1) is 7.11 Å². The second kappa shape index (κ2) is 6.01. The van der Waals surface area contributed by atoms with Crippen molar-refractivity contribution in [3.8, 4) is 0 Å². The van der Waals surface area contributed by atoms with Gasteiger partial charge in [0, 0.05) is 7.05 Å². The molecule has 0 saturated carbocycles. The molecule has 18 heavy (non-hydrogen) atoms. The summed E-state index contributed by atoms with van der Waals surface area (Å²) in [5, 5.41) is 0. The number of amides is 1. The molecule has 0 bridgehead atoms. The minimum Gasteiger partial charge on any atom is -0.468 e. The smallest absolute Gasteiger partial charge is 0.422 e. The first kappa shape index (κ1) is 16.6. The standard InChI is InChI=1S/C9H18N2O6S/c1-9(2,3)17-8(13)10-18(14,15)11(4)6-7(12)16-5/h6H2,1-5H3,(H,10,13). The Bertz CT molecular complexity index is 411. The lowest BCUT2D eigenvalue weighted by Crippen LogP contribution is -2.45. The fourth-order valence-electron chi connectivity index (χ4n) is 0.813. The largest absolute Gasteiger partial charge is 0.468 e. The van der Waals surface area contributed by atoms with Crippen molar-refractivity contribution >= 4 is 22.3 Å². The van der Waals surface area contributed by atoms with Crippen LogP contribution in [0.2, 0.25) is 0 Å². The molecule has 0 saturated heterocycles. The predicted octanol–water partition coefficient (Wildman–Crippen LogP) is -0.139. The zero-order valence-electron chi connectivity index (χ0n) is 11.0. The number of ether oxygens (including phenoxy) is 2. The highest BCUT2D eigenvalue weighted by Gasteiger charge is 2.26. The topological polar surface area (TPSA) is 102 Å². The monoisotopic (exact) mass is 282 g/mol. The average molecular weight is 282 g/mol. The van der Waals surface area contributed by atoms with E-state index in [0.717, 1.165) is 14.2 Å². The van der Waals surface area contributed by atoms with Crippen molar-refractivity contribution in [1.29, 1.82) is 0 Å². The van der Waals surface area contributed by atoms with Crippen LogP contribution in [0.25, 0.3) is 0 Å². The van der Waals surface area contributed by atoms with Gasteiger partial charge in [0.1, 0.15) is 12.1 Å². The number of carbonyl (C=O) groups is 2. The third-order valence-electron chi connectivity index (χ3n) is 1.60. The maximum Gasteiger partial charge on any atom is 0.422 e. The van der Waals surface area contributed by atoms with Crippen LogP contribution in [0, 0.1) is 0 Å². The quantitative estimate of drug-likeness (QED) is 0.720. The molecule has 0 heterocycles. The number of carbonyl (C=O) groups excluding carboxylic acids is 2. The van der Waals surface area contributed by atoms with Crippen molar-refractivity contribution in [2.75, 3.05) is 20.7 Å². The van der Waals surface area contributed by atoms with Crippen LogP contribution in [0.4, 0.5) is 4.79 Å². The van der Waals surface area contributed by atoms with Crippen LogP contribution >= 0.6 is 0 Å². The van der Waals surface area contributed by atoms with Gasteiger partial charge in [0.2, 0.25) is 0 Å². The number of rotatable bonds is 4. The van der Waals surface area contributed by atoms with Gasteiger partial charge in [-0.05, 0) is 20.8 Å². The Balaban J connectivity index is 4.57.